The van der Waals surface area contributed by atoms with E-state index in [-0.39, 0.29) is 6.10 Å². The summed E-state index contributed by atoms with van der Waals surface area (Å²) in [7, 11) is 3.46. The molecule has 32 heavy (non-hydrogen) atoms. The molecule has 0 aliphatic carbocycles. The van der Waals surface area contributed by atoms with Crippen LogP contribution in [0.25, 0.3) is 27.9 Å². The lowest BCUT2D eigenvalue weighted by atomic mass is 9.94. The summed E-state index contributed by atoms with van der Waals surface area (Å²) < 4.78 is 18.5. The average molecular weight is 433 g/mol. The van der Waals surface area contributed by atoms with Crippen LogP contribution in [0.4, 0.5) is 0 Å². The molecule has 1 aliphatic heterocycles. The molecule has 4 aromatic rings. The predicted molar refractivity (Wildman–Crippen MR) is 124 cm³/mol. The number of benzene rings is 1. The second-order valence-corrected chi connectivity index (χ2v) is 8.16. The van der Waals surface area contributed by atoms with Crippen molar-refractivity contribution in [2.24, 2.45) is 5.92 Å². The first-order valence-electron chi connectivity index (χ1n) is 11.0. The Hall–Kier alpha value is -3.00. The third kappa shape index (κ3) is 4.07. The zero-order valence-electron chi connectivity index (χ0n) is 18.5. The number of hydrogen-bond donors (Lipinski definition) is 1. The molecule has 0 amide bonds. The number of ether oxygens (including phenoxy) is 3. The minimum atomic E-state index is 0.243. The second-order valence-electron chi connectivity index (χ2n) is 8.16. The maximum atomic E-state index is 5.71. The number of nitrogens with zero attached hydrogens (tertiary/aromatic N) is 3. The molecule has 1 aliphatic rings. The summed E-state index contributed by atoms with van der Waals surface area (Å²) in [4.78, 5) is 9.65. The molecule has 7 heteroatoms. The molecule has 166 valence electrons. The van der Waals surface area contributed by atoms with Gasteiger partial charge in [0.05, 0.1) is 35.8 Å². The Morgan fingerprint density at radius 1 is 1.09 bits per heavy atom. The number of pyridine rings is 2. The van der Waals surface area contributed by atoms with Gasteiger partial charge in [-0.05, 0) is 24.1 Å². The second kappa shape index (κ2) is 9.24. The monoisotopic (exact) mass is 432 g/mol. The molecule has 0 bridgehead atoms. The Morgan fingerprint density at radius 2 is 2.03 bits per heavy atom. The van der Waals surface area contributed by atoms with Crippen molar-refractivity contribution in [3.05, 3.63) is 60.4 Å². The summed E-state index contributed by atoms with van der Waals surface area (Å²) in [6.07, 6.45) is 5.03. The van der Waals surface area contributed by atoms with E-state index in [1.165, 1.54) is 5.56 Å². The fourth-order valence-electron chi connectivity index (χ4n) is 4.47. The van der Waals surface area contributed by atoms with Crippen molar-refractivity contribution in [3.8, 4) is 17.1 Å². The molecule has 0 saturated carbocycles. The lowest BCUT2D eigenvalue weighted by Crippen LogP contribution is -2.22. The lowest BCUT2D eigenvalue weighted by Gasteiger charge is -2.18. The van der Waals surface area contributed by atoms with Crippen LogP contribution in [0.15, 0.2) is 54.9 Å². The van der Waals surface area contributed by atoms with Crippen molar-refractivity contribution in [2.75, 3.05) is 40.5 Å². The van der Waals surface area contributed by atoms with Crippen molar-refractivity contribution in [2.45, 2.75) is 12.5 Å². The van der Waals surface area contributed by atoms with Gasteiger partial charge in [-0.25, -0.2) is 9.97 Å². The smallest absolute Gasteiger partial charge is 0.140 e. The van der Waals surface area contributed by atoms with Gasteiger partial charge in [-0.2, -0.15) is 0 Å². The van der Waals surface area contributed by atoms with Crippen LogP contribution in [0, 0.1) is 5.92 Å². The normalized spacial score (nSPS) is 18.6. The van der Waals surface area contributed by atoms with E-state index in [1.54, 1.807) is 14.2 Å². The zero-order chi connectivity index (χ0) is 21.9. The van der Waals surface area contributed by atoms with Gasteiger partial charge in [0.2, 0.25) is 0 Å². The Balaban J connectivity index is 1.47. The SMILES string of the molecule is COCCOc1ccn2c(-c3ccc4cccc(CC5CNC[C@H]5OC)c4n3)cnc2c1. The van der Waals surface area contributed by atoms with E-state index < -0.39 is 0 Å². The third-order valence-corrected chi connectivity index (χ3v) is 6.17. The van der Waals surface area contributed by atoms with E-state index in [1.807, 2.05) is 28.9 Å². The topological polar surface area (TPSA) is 69.9 Å². The summed E-state index contributed by atoms with van der Waals surface area (Å²) >= 11 is 0. The highest BCUT2D eigenvalue weighted by molar-refractivity contribution is 5.84. The number of para-hydroxylation sites is 1. The highest BCUT2D eigenvalue weighted by atomic mass is 16.5. The molecule has 4 heterocycles. The van der Waals surface area contributed by atoms with Crippen molar-refractivity contribution >= 4 is 16.6 Å². The van der Waals surface area contributed by atoms with Crippen LogP contribution in [0.5, 0.6) is 5.75 Å². The lowest BCUT2D eigenvalue weighted by molar-refractivity contribution is 0.0833. The number of rotatable bonds is 8. The third-order valence-electron chi connectivity index (χ3n) is 6.17. The highest BCUT2D eigenvalue weighted by Gasteiger charge is 2.27. The summed E-state index contributed by atoms with van der Waals surface area (Å²) in [5.41, 5.74) is 4.98. The minimum absolute atomic E-state index is 0.243. The van der Waals surface area contributed by atoms with Gasteiger partial charge in [0.15, 0.2) is 0 Å². The van der Waals surface area contributed by atoms with Crippen molar-refractivity contribution in [3.63, 3.8) is 0 Å². The standard InChI is InChI=1S/C25H28N4O3/c1-30-10-11-32-20-8-9-29-22(15-27-24(29)13-20)21-7-6-17-4-3-5-18(25(17)28-21)12-19-14-26-16-23(19)31-2/h3-9,13,15,19,23,26H,10-12,14,16H2,1-2H3/t19?,23-/m1/s1. The van der Waals surface area contributed by atoms with E-state index in [0.717, 1.165) is 53.2 Å². The van der Waals surface area contributed by atoms with Gasteiger partial charge in [-0.1, -0.05) is 24.3 Å². The first kappa shape index (κ1) is 20.9. The number of imidazole rings is 1. The molecule has 3 aromatic heterocycles. The average Bonchev–Trinajstić information content (AvgIpc) is 3.45. The first-order chi connectivity index (χ1) is 15.8. The Kier molecular flexibility index (Phi) is 6.03. The van der Waals surface area contributed by atoms with Crippen molar-refractivity contribution in [1.29, 1.82) is 0 Å². The molecule has 5 rings (SSSR count). The Morgan fingerprint density at radius 3 is 2.91 bits per heavy atom. The Labute approximate surface area is 187 Å². The van der Waals surface area contributed by atoms with Gasteiger partial charge in [0.1, 0.15) is 18.0 Å². The molecule has 1 N–H and O–H groups in total. The molecule has 1 saturated heterocycles. The van der Waals surface area contributed by atoms with E-state index >= 15 is 0 Å². The van der Waals surface area contributed by atoms with Crippen molar-refractivity contribution in [1.82, 2.24) is 19.7 Å². The van der Waals surface area contributed by atoms with Gasteiger partial charge in [-0.3, -0.25) is 4.40 Å². The van der Waals surface area contributed by atoms with Crippen LogP contribution in [0.3, 0.4) is 0 Å². The van der Waals surface area contributed by atoms with Gasteiger partial charge in [-0.15, -0.1) is 0 Å². The maximum Gasteiger partial charge on any atom is 0.140 e. The largest absolute Gasteiger partial charge is 0.491 e. The fraction of sp³-hybridized carbons (Fsp3) is 0.360. The van der Waals surface area contributed by atoms with Gasteiger partial charge < -0.3 is 19.5 Å². The Bertz CT molecular complexity index is 1220. The maximum absolute atomic E-state index is 5.71. The number of methoxy groups -OCH3 is 2. The fourth-order valence-corrected chi connectivity index (χ4v) is 4.47. The molecule has 1 aromatic carbocycles. The van der Waals surface area contributed by atoms with E-state index in [9.17, 15) is 0 Å². The molecule has 0 radical (unpaired) electrons. The molecular formula is C25H28N4O3. The van der Waals surface area contributed by atoms with Crippen molar-refractivity contribution < 1.29 is 14.2 Å². The number of hydrogen-bond acceptors (Lipinski definition) is 6. The van der Waals surface area contributed by atoms with Gasteiger partial charge in [0, 0.05) is 50.9 Å². The molecule has 1 fully saturated rings. The number of fused-ring (bicyclic) bond motifs is 2. The number of nitrogens with one attached hydrogen (secondary N) is 1. The van der Waals surface area contributed by atoms with Crippen LogP contribution in [-0.4, -0.2) is 61.0 Å². The predicted octanol–water partition coefficient (Wildman–Crippen LogP) is 3.35. The van der Waals surface area contributed by atoms with Crippen LogP contribution < -0.4 is 10.1 Å². The van der Waals surface area contributed by atoms with E-state index in [0.29, 0.717) is 19.1 Å². The summed E-state index contributed by atoms with van der Waals surface area (Å²) in [6.45, 7) is 2.94. The van der Waals surface area contributed by atoms with Crippen LogP contribution in [-0.2, 0) is 15.9 Å². The first-order valence-corrected chi connectivity index (χ1v) is 11.0. The van der Waals surface area contributed by atoms with E-state index in [2.05, 4.69) is 40.6 Å². The van der Waals surface area contributed by atoms with Crippen LogP contribution in [0.1, 0.15) is 5.56 Å². The van der Waals surface area contributed by atoms with Gasteiger partial charge >= 0.3 is 0 Å². The molecule has 0 spiro atoms. The minimum Gasteiger partial charge on any atom is -0.491 e. The van der Waals surface area contributed by atoms with Gasteiger partial charge in [0.25, 0.3) is 0 Å². The highest BCUT2D eigenvalue weighted by Crippen LogP contribution is 2.28. The van der Waals surface area contributed by atoms with Crippen LogP contribution >= 0.6 is 0 Å². The molecule has 1 unspecified atom stereocenters. The van der Waals surface area contributed by atoms with Crippen LogP contribution in [0.2, 0.25) is 0 Å². The zero-order valence-corrected chi connectivity index (χ0v) is 18.5. The molecule has 7 nitrogen and oxygen atoms in total. The number of aromatic nitrogens is 3. The quantitative estimate of drug-likeness (QED) is 0.431. The summed E-state index contributed by atoms with van der Waals surface area (Å²) in [6, 6.07) is 14.5. The summed E-state index contributed by atoms with van der Waals surface area (Å²) in [5, 5.41) is 4.59. The molecule has 2 atom stereocenters. The molecular weight excluding hydrogens is 404 g/mol. The summed E-state index contributed by atoms with van der Waals surface area (Å²) in [5.74, 6) is 1.22. The van der Waals surface area contributed by atoms with E-state index in [4.69, 9.17) is 19.2 Å².